The summed E-state index contributed by atoms with van der Waals surface area (Å²) in [6, 6.07) is 46.1. The topological polar surface area (TPSA) is 35.6 Å². The minimum Gasteiger partial charge on any atom is -0.341 e. The van der Waals surface area contributed by atoms with E-state index >= 15 is 0 Å². The summed E-state index contributed by atoms with van der Waals surface area (Å²) in [5, 5.41) is 5.43. The van der Waals surface area contributed by atoms with Gasteiger partial charge in [-0.1, -0.05) is 76.6 Å². The van der Waals surface area contributed by atoms with Gasteiger partial charge >= 0.3 is 0 Å². The molecule has 0 saturated carbocycles. The van der Waals surface area contributed by atoms with E-state index < -0.39 is 0 Å². The van der Waals surface area contributed by atoms with Crippen LogP contribution in [0.4, 0.5) is 0 Å². The minimum absolute atomic E-state index is 0.882. The molecule has 0 amide bonds. The molecule has 0 aliphatic carbocycles. The Morgan fingerprint density at radius 1 is 0.375 bits per heavy atom. The lowest BCUT2D eigenvalue weighted by Gasteiger charge is -2.05. The summed E-state index contributed by atoms with van der Waals surface area (Å²) in [5.74, 6) is 0. The van der Waals surface area contributed by atoms with E-state index in [2.05, 4.69) is 158 Å². The number of hydrogen-bond acceptors (Lipinski definition) is 4. The number of aromatic nitrogens is 4. The van der Waals surface area contributed by atoms with Crippen LogP contribution in [0, 0.1) is 0 Å². The van der Waals surface area contributed by atoms with Crippen LogP contribution in [0.2, 0.25) is 0 Å². The predicted molar refractivity (Wildman–Crippen MR) is 278 cm³/mol. The largest absolute Gasteiger partial charge is 0.341 e. The lowest BCUT2D eigenvalue weighted by atomic mass is 10.0. The summed E-state index contributed by atoms with van der Waals surface area (Å²) in [6.07, 6.45) is 16.4. The Morgan fingerprint density at radius 3 is 1.14 bits per heavy atom. The second-order valence-electron chi connectivity index (χ2n) is 17.5. The van der Waals surface area contributed by atoms with Crippen molar-refractivity contribution in [3.8, 4) is 53.2 Å². The molecule has 6 heterocycles. The van der Waals surface area contributed by atoms with Crippen LogP contribution >= 0.6 is 22.7 Å². The maximum absolute atomic E-state index is 4.83. The molecule has 10 rings (SSSR count). The van der Waals surface area contributed by atoms with Crippen LogP contribution in [0.3, 0.4) is 0 Å². The molecule has 6 heteroatoms. The third kappa shape index (κ3) is 8.23. The molecule has 4 nitrogen and oxygen atoms in total. The molecule has 0 atom stereocenters. The van der Waals surface area contributed by atoms with Crippen LogP contribution < -0.4 is 0 Å². The lowest BCUT2D eigenvalue weighted by Crippen LogP contribution is -1.93. The fourth-order valence-corrected chi connectivity index (χ4v) is 11.9. The van der Waals surface area contributed by atoms with Gasteiger partial charge in [-0.3, -0.25) is 9.97 Å². The van der Waals surface area contributed by atoms with Crippen LogP contribution in [0.15, 0.2) is 134 Å². The van der Waals surface area contributed by atoms with Gasteiger partial charge in [0.25, 0.3) is 0 Å². The van der Waals surface area contributed by atoms with Gasteiger partial charge in [-0.15, -0.1) is 22.7 Å². The molecule has 0 bridgehead atoms. The molecule has 6 aromatic heterocycles. The van der Waals surface area contributed by atoms with Crippen LogP contribution in [0.25, 0.3) is 96.8 Å². The second kappa shape index (κ2) is 18.7. The third-order valence-electron chi connectivity index (χ3n) is 13.3. The summed E-state index contributed by atoms with van der Waals surface area (Å²) in [6.45, 7) is 11.0. The zero-order chi connectivity index (χ0) is 43.6. The van der Waals surface area contributed by atoms with Crippen molar-refractivity contribution < 1.29 is 0 Å². The minimum atomic E-state index is 0.882. The Kier molecular flexibility index (Phi) is 12.3. The Labute approximate surface area is 386 Å². The first-order valence-electron chi connectivity index (χ1n) is 23.8. The van der Waals surface area contributed by atoms with E-state index in [1.807, 2.05) is 35.1 Å². The van der Waals surface area contributed by atoms with Gasteiger partial charge in [0.15, 0.2) is 0 Å². The summed E-state index contributed by atoms with van der Waals surface area (Å²) < 4.78 is 4.93. The van der Waals surface area contributed by atoms with Crippen molar-refractivity contribution >= 4 is 66.3 Å². The first kappa shape index (κ1) is 42.1. The molecule has 4 aromatic carbocycles. The van der Waals surface area contributed by atoms with Gasteiger partial charge in [-0.25, -0.2) is 0 Å². The number of hydrogen-bond donors (Lipinski definition) is 0. The summed E-state index contributed by atoms with van der Waals surface area (Å²) >= 11 is 3.69. The fraction of sp³-hybridized carbons (Fsp3) is 0.276. The van der Waals surface area contributed by atoms with E-state index in [0.717, 1.165) is 48.4 Å². The van der Waals surface area contributed by atoms with Gasteiger partial charge in [0.2, 0.25) is 0 Å². The van der Waals surface area contributed by atoms with E-state index in [9.17, 15) is 0 Å². The molecule has 322 valence electrons. The van der Waals surface area contributed by atoms with Gasteiger partial charge in [0.1, 0.15) is 0 Å². The van der Waals surface area contributed by atoms with Crippen molar-refractivity contribution in [2.24, 2.45) is 0 Å². The monoisotopic (exact) mass is 874 g/mol. The number of rotatable bonds is 17. The second-order valence-corrected chi connectivity index (χ2v) is 19.6. The van der Waals surface area contributed by atoms with Crippen molar-refractivity contribution in [3.63, 3.8) is 0 Å². The molecular weight excluding hydrogens is 817 g/mol. The Hall–Kier alpha value is -5.82. The zero-order valence-electron chi connectivity index (χ0n) is 37.8. The van der Waals surface area contributed by atoms with E-state index in [1.54, 1.807) is 0 Å². The number of unbranched alkanes of at least 4 members (excludes halogenated alkanes) is 6. The summed E-state index contributed by atoms with van der Waals surface area (Å²) in [4.78, 5) is 14.7. The van der Waals surface area contributed by atoms with Gasteiger partial charge in [0.05, 0.1) is 11.4 Å². The van der Waals surface area contributed by atoms with Gasteiger partial charge < -0.3 is 9.13 Å². The molecular formula is C58H58N4S2. The van der Waals surface area contributed by atoms with Crippen molar-refractivity contribution in [2.75, 3.05) is 0 Å². The van der Waals surface area contributed by atoms with Crippen molar-refractivity contribution in [3.05, 3.63) is 145 Å². The fourth-order valence-electron chi connectivity index (χ4n) is 9.86. The molecule has 0 aliphatic rings. The molecule has 0 aliphatic heterocycles. The number of pyridine rings is 2. The smallest absolute Gasteiger partial charge is 0.0892 e. The highest BCUT2D eigenvalue weighted by atomic mass is 32.1. The Morgan fingerprint density at radius 2 is 0.750 bits per heavy atom. The maximum Gasteiger partial charge on any atom is 0.0892 e. The molecule has 0 saturated heterocycles. The van der Waals surface area contributed by atoms with Crippen LogP contribution in [-0.4, -0.2) is 19.1 Å². The normalized spacial score (nSPS) is 11.9. The summed E-state index contributed by atoms with van der Waals surface area (Å²) in [5.41, 5.74) is 14.8. The molecule has 10 aromatic rings. The van der Waals surface area contributed by atoms with Gasteiger partial charge in [-0.2, -0.15) is 0 Å². The average Bonchev–Trinajstić information content (AvgIpc) is 4.16. The third-order valence-corrected chi connectivity index (χ3v) is 15.6. The maximum atomic E-state index is 4.83. The van der Waals surface area contributed by atoms with E-state index in [1.165, 1.54) is 137 Å². The molecule has 0 radical (unpaired) electrons. The lowest BCUT2D eigenvalue weighted by molar-refractivity contribution is 0.667. The summed E-state index contributed by atoms with van der Waals surface area (Å²) in [7, 11) is 0. The standard InChI is InChI=1S/C58H58N4S2/c1-5-9-11-13-15-39-17-21-51-45(33-39)47-35-41(19-23-53(47)61(51)7-3)55-25-27-57(63-55)43-29-31-59-49(37-43)50-38-44(30-32-60-50)58-28-26-56(64-58)42-20-24-54-48(36-42)46-34-40(16-14-12-10-6-2)18-22-52(46)62(54)8-4/h17-38H,5-16H2,1-4H3. The zero-order valence-corrected chi connectivity index (χ0v) is 39.4. The van der Waals surface area contributed by atoms with Crippen LogP contribution in [-0.2, 0) is 25.9 Å². The number of nitrogens with zero attached hydrogens (tertiary/aromatic N) is 4. The molecule has 0 spiro atoms. The van der Waals surface area contributed by atoms with Crippen LogP contribution in [0.5, 0.6) is 0 Å². The molecule has 64 heavy (non-hydrogen) atoms. The van der Waals surface area contributed by atoms with Crippen molar-refractivity contribution in [2.45, 2.75) is 105 Å². The first-order chi connectivity index (χ1) is 31.5. The highest BCUT2D eigenvalue weighted by Gasteiger charge is 2.16. The quantitative estimate of drug-likeness (QED) is 0.0855. The number of aryl methyl sites for hydroxylation is 4. The van der Waals surface area contributed by atoms with E-state index in [0.29, 0.717) is 0 Å². The van der Waals surface area contributed by atoms with Gasteiger partial charge in [-0.05, 0) is 170 Å². The number of fused-ring (bicyclic) bond motifs is 6. The Bertz CT molecular complexity index is 3030. The van der Waals surface area contributed by atoms with Crippen LogP contribution in [0.1, 0.15) is 90.2 Å². The van der Waals surface area contributed by atoms with Crippen molar-refractivity contribution in [1.29, 1.82) is 0 Å². The van der Waals surface area contributed by atoms with Crippen molar-refractivity contribution in [1.82, 2.24) is 19.1 Å². The highest BCUT2D eigenvalue weighted by Crippen LogP contribution is 2.41. The number of benzene rings is 4. The number of thiophene rings is 2. The average molecular weight is 875 g/mol. The SMILES string of the molecule is CCCCCCc1ccc2c(c1)c1cc(-c3ccc(-c4ccnc(-c5cc(-c6ccc(-c7ccc8c(c7)c7cc(CCCCCC)ccc7n8CC)s6)ccn5)c4)s3)ccc1n2CC. The van der Waals surface area contributed by atoms with E-state index in [-0.39, 0.29) is 0 Å². The Balaban J connectivity index is 0.898. The molecule has 0 N–H and O–H groups in total. The molecule has 0 fully saturated rings. The molecule has 0 unspecified atom stereocenters. The van der Waals surface area contributed by atoms with E-state index in [4.69, 9.17) is 9.97 Å². The first-order valence-corrected chi connectivity index (χ1v) is 25.4. The highest BCUT2D eigenvalue weighted by molar-refractivity contribution is 7.19. The van der Waals surface area contributed by atoms with Gasteiger partial charge in [0, 0.05) is 88.6 Å². The predicted octanol–water partition coefficient (Wildman–Crippen LogP) is 17.4.